The van der Waals surface area contributed by atoms with E-state index in [4.69, 9.17) is 16.3 Å². The minimum atomic E-state index is -0.145. The predicted octanol–water partition coefficient (Wildman–Crippen LogP) is 4.06. The Kier molecular flexibility index (Phi) is 5.66. The van der Waals surface area contributed by atoms with Gasteiger partial charge in [-0.15, -0.1) is 10.2 Å². The number of hydrogen-bond acceptors (Lipinski definition) is 5. The van der Waals surface area contributed by atoms with Crippen LogP contribution in [0, 0.1) is 0 Å². The number of anilines is 3. The van der Waals surface area contributed by atoms with E-state index in [1.54, 1.807) is 31.4 Å². The number of rotatable bonds is 6. The van der Waals surface area contributed by atoms with Crippen LogP contribution in [0.2, 0.25) is 5.02 Å². The van der Waals surface area contributed by atoms with Crippen molar-refractivity contribution in [1.82, 2.24) is 10.2 Å². The van der Waals surface area contributed by atoms with Crippen LogP contribution in [0.1, 0.15) is 5.56 Å². The molecular formula is C19H17ClN4O2. The molecule has 132 valence electrons. The second kappa shape index (κ2) is 8.31. The van der Waals surface area contributed by atoms with E-state index in [-0.39, 0.29) is 12.3 Å². The molecule has 6 nitrogen and oxygen atoms in total. The Labute approximate surface area is 156 Å². The first kappa shape index (κ1) is 17.7. The highest BCUT2D eigenvalue weighted by atomic mass is 35.5. The zero-order valence-corrected chi connectivity index (χ0v) is 14.8. The molecule has 2 N–H and O–H groups in total. The molecule has 3 rings (SSSR count). The van der Waals surface area contributed by atoms with Crippen molar-refractivity contribution < 1.29 is 9.53 Å². The number of hydrogen-bond donors (Lipinski definition) is 2. The molecule has 0 saturated heterocycles. The number of ether oxygens (including phenoxy) is 1. The Bertz CT molecular complexity index is 886. The van der Waals surface area contributed by atoms with Crippen molar-refractivity contribution in [2.45, 2.75) is 6.42 Å². The van der Waals surface area contributed by atoms with Gasteiger partial charge >= 0.3 is 0 Å². The maximum atomic E-state index is 12.0. The number of nitrogens with one attached hydrogen (secondary N) is 2. The van der Waals surface area contributed by atoms with E-state index in [1.807, 2.05) is 36.4 Å². The van der Waals surface area contributed by atoms with Crippen LogP contribution in [-0.4, -0.2) is 23.2 Å². The number of nitrogens with zero attached hydrogens (tertiary/aromatic N) is 2. The molecule has 0 fully saturated rings. The lowest BCUT2D eigenvalue weighted by Gasteiger charge is -2.09. The summed E-state index contributed by atoms with van der Waals surface area (Å²) in [5.41, 5.74) is 1.69. The minimum absolute atomic E-state index is 0.145. The molecule has 7 heteroatoms. The zero-order chi connectivity index (χ0) is 18.4. The maximum absolute atomic E-state index is 12.0. The number of methoxy groups -OCH3 is 1. The molecule has 1 heterocycles. The van der Waals surface area contributed by atoms with Crippen LogP contribution >= 0.6 is 11.6 Å². The number of amides is 1. The van der Waals surface area contributed by atoms with Gasteiger partial charge in [-0.25, -0.2) is 0 Å². The van der Waals surface area contributed by atoms with E-state index in [0.29, 0.717) is 22.4 Å². The molecule has 1 amide bonds. The summed E-state index contributed by atoms with van der Waals surface area (Å²) in [7, 11) is 1.56. The zero-order valence-electron chi connectivity index (χ0n) is 14.1. The topological polar surface area (TPSA) is 76.1 Å². The van der Waals surface area contributed by atoms with Crippen LogP contribution in [-0.2, 0) is 11.2 Å². The molecule has 0 spiro atoms. The highest BCUT2D eigenvalue weighted by Gasteiger charge is 2.06. The molecule has 3 aromatic rings. The van der Waals surface area contributed by atoms with E-state index < -0.39 is 0 Å². The Morgan fingerprint density at radius 1 is 1.04 bits per heavy atom. The molecule has 0 saturated carbocycles. The van der Waals surface area contributed by atoms with Crippen LogP contribution in [0.5, 0.6) is 5.75 Å². The Balaban J connectivity index is 1.59. The van der Waals surface area contributed by atoms with Crippen molar-refractivity contribution in [1.29, 1.82) is 0 Å². The van der Waals surface area contributed by atoms with Crippen LogP contribution in [0.25, 0.3) is 0 Å². The smallest absolute Gasteiger partial charge is 0.229 e. The van der Waals surface area contributed by atoms with Crippen molar-refractivity contribution in [2.75, 3.05) is 17.7 Å². The lowest BCUT2D eigenvalue weighted by molar-refractivity contribution is -0.115. The molecular weight excluding hydrogens is 352 g/mol. The summed E-state index contributed by atoms with van der Waals surface area (Å²) in [4.78, 5) is 12.0. The first-order valence-corrected chi connectivity index (χ1v) is 8.30. The molecule has 0 aliphatic rings. The largest absolute Gasteiger partial charge is 0.495 e. The summed E-state index contributed by atoms with van der Waals surface area (Å²) in [6.45, 7) is 0. The molecule has 2 aromatic carbocycles. The first-order valence-electron chi connectivity index (χ1n) is 7.92. The van der Waals surface area contributed by atoms with Crippen LogP contribution < -0.4 is 15.4 Å². The van der Waals surface area contributed by atoms with Gasteiger partial charge in [0.25, 0.3) is 0 Å². The fraction of sp³-hybridized carbons (Fsp3) is 0.105. The fourth-order valence-electron chi connectivity index (χ4n) is 2.33. The lowest BCUT2D eigenvalue weighted by atomic mass is 10.1. The molecule has 0 unspecified atom stereocenters. The van der Waals surface area contributed by atoms with Crippen LogP contribution in [0.3, 0.4) is 0 Å². The molecule has 0 aliphatic carbocycles. The number of benzene rings is 2. The van der Waals surface area contributed by atoms with Crippen molar-refractivity contribution in [2.24, 2.45) is 0 Å². The average Bonchev–Trinajstić information content (AvgIpc) is 2.64. The Morgan fingerprint density at radius 3 is 2.42 bits per heavy atom. The molecule has 0 aliphatic heterocycles. The SMILES string of the molecule is COc1ccc(Nc2ccc(NC(=O)Cc3ccccc3)nn2)cc1Cl. The summed E-state index contributed by atoms with van der Waals surface area (Å²) in [6, 6.07) is 18.2. The summed E-state index contributed by atoms with van der Waals surface area (Å²) in [5, 5.41) is 14.4. The highest BCUT2D eigenvalue weighted by Crippen LogP contribution is 2.28. The van der Waals surface area contributed by atoms with E-state index in [9.17, 15) is 4.79 Å². The second-order valence-corrected chi connectivity index (χ2v) is 5.90. The van der Waals surface area contributed by atoms with Gasteiger partial charge in [0.05, 0.1) is 18.6 Å². The van der Waals surface area contributed by atoms with Gasteiger partial charge in [0.1, 0.15) is 5.75 Å². The van der Waals surface area contributed by atoms with E-state index in [0.717, 1.165) is 11.3 Å². The standard InChI is InChI=1S/C19H17ClN4O2/c1-26-16-8-7-14(12-15(16)20)21-17-9-10-18(24-23-17)22-19(25)11-13-5-3-2-4-6-13/h2-10,12H,11H2,1H3,(H,21,23)(H,22,24,25). The molecule has 26 heavy (non-hydrogen) atoms. The predicted molar refractivity (Wildman–Crippen MR) is 102 cm³/mol. The second-order valence-electron chi connectivity index (χ2n) is 5.49. The first-order chi connectivity index (χ1) is 12.6. The van der Waals surface area contributed by atoms with E-state index in [1.165, 1.54) is 0 Å². The minimum Gasteiger partial charge on any atom is -0.495 e. The van der Waals surface area contributed by atoms with Crippen molar-refractivity contribution in [3.63, 3.8) is 0 Å². The van der Waals surface area contributed by atoms with Crippen molar-refractivity contribution in [3.8, 4) is 5.75 Å². The monoisotopic (exact) mass is 368 g/mol. The maximum Gasteiger partial charge on any atom is 0.229 e. The van der Waals surface area contributed by atoms with Gasteiger partial charge in [-0.05, 0) is 35.9 Å². The van der Waals surface area contributed by atoms with Crippen molar-refractivity contribution in [3.05, 3.63) is 71.2 Å². The molecule has 0 bridgehead atoms. The van der Waals surface area contributed by atoms with Gasteiger partial charge in [0.15, 0.2) is 11.6 Å². The van der Waals surface area contributed by atoms with E-state index >= 15 is 0 Å². The fourth-order valence-corrected chi connectivity index (χ4v) is 2.58. The van der Waals surface area contributed by atoms with E-state index in [2.05, 4.69) is 20.8 Å². The van der Waals surface area contributed by atoms with Gasteiger partial charge < -0.3 is 15.4 Å². The van der Waals surface area contributed by atoms with Gasteiger partial charge in [-0.2, -0.15) is 0 Å². The third-order valence-corrected chi connectivity index (χ3v) is 3.86. The number of carbonyl (C=O) groups is 1. The van der Waals surface area contributed by atoms with Crippen molar-refractivity contribution >= 4 is 34.8 Å². The molecule has 1 aromatic heterocycles. The highest BCUT2D eigenvalue weighted by molar-refractivity contribution is 6.32. The normalized spacial score (nSPS) is 10.2. The average molecular weight is 369 g/mol. The molecule has 0 atom stereocenters. The number of aromatic nitrogens is 2. The Morgan fingerprint density at radius 2 is 1.77 bits per heavy atom. The third kappa shape index (κ3) is 4.70. The molecule has 0 radical (unpaired) electrons. The third-order valence-electron chi connectivity index (χ3n) is 3.56. The summed E-state index contributed by atoms with van der Waals surface area (Å²) >= 11 is 6.10. The summed E-state index contributed by atoms with van der Waals surface area (Å²) in [5.74, 6) is 1.38. The van der Waals surface area contributed by atoms with Gasteiger partial charge in [-0.3, -0.25) is 4.79 Å². The van der Waals surface area contributed by atoms with Crippen LogP contribution in [0.15, 0.2) is 60.7 Å². The van der Waals surface area contributed by atoms with Gasteiger partial charge in [0, 0.05) is 5.69 Å². The van der Waals surface area contributed by atoms with Crippen LogP contribution in [0.4, 0.5) is 17.3 Å². The quantitative estimate of drug-likeness (QED) is 0.686. The Hall–Kier alpha value is -3.12. The number of carbonyl (C=O) groups excluding carboxylic acids is 1. The van der Waals surface area contributed by atoms with Gasteiger partial charge in [0.2, 0.25) is 5.91 Å². The summed E-state index contributed by atoms with van der Waals surface area (Å²) in [6.07, 6.45) is 0.285. The summed E-state index contributed by atoms with van der Waals surface area (Å²) < 4.78 is 5.12. The van der Waals surface area contributed by atoms with Gasteiger partial charge in [-0.1, -0.05) is 41.9 Å². The lowest BCUT2D eigenvalue weighted by Crippen LogP contribution is -2.15. The number of halogens is 1.